The first-order chi connectivity index (χ1) is 9.51. The molecule has 0 spiro atoms. The first kappa shape index (κ1) is 14.3. The van der Waals surface area contributed by atoms with Crippen LogP contribution in [0.15, 0.2) is 28.9 Å². The minimum atomic E-state index is -0.810. The molecule has 2 rings (SSSR count). The van der Waals surface area contributed by atoms with E-state index in [1.807, 2.05) is 0 Å². The Hall–Kier alpha value is -2.08. The fraction of sp³-hybridized carbons (Fsp3) is 0.154. The third-order valence-electron chi connectivity index (χ3n) is 2.52. The lowest BCUT2D eigenvalue weighted by Crippen LogP contribution is -2.02. The Bertz CT molecular complexity index is 619. The molecule has 1 aromatic carbocycles. The third kappa shape index (κ3) is 3.08. The minimum Gasteiger partial charge on any atom is -0.467 e. The fourth-order valence-electron chi connectivity index (χ4n) is 1.58. The SMILES string of the molecule is COC(=O)c1coc(CNc2c(F)cc(F)cc2Cl)c1. The van der Waals surface area contributed by atoms with E-state index in [1.165, 1.54) is 19.4 Å². The van der Waals surface area contributed by atoms with Crippen molar-refractivity contribution < 1.29 is 22.7 Å². The number of anilines is 1. The molecule has 0 bridgehead atoms. The summed E-state index contributed by atoms with van der Waals surface area (Å²) < 4.78 is 36.0. The van der Waals surface area contributed by atoms with Crippen molar-refractivity contribution in [1.82, 2.24) is 0 Å². The standard InChI is InChI=1S/C13H10ClF2NO3/c1-19-13(18)7-2-9(20-6-7)5-17-12-10(14)3-8(15)4-11(12)16/h2-4,6,17H,5H2,1H3. The Morgan fingerprint density at radius 3 is 2.80 bits per heavy atom. The van der Waals surface area contributed by atoms with Crippen LogP contribution in [0.3, 0.4) is 0 Å². The number of nitrogens with one attached hydrogen (secondary N) is 1. The summed E-state index contributed by atoms with van der Waals surface area (Å²) in [7, 11) is 1.25. The highest BCUT2D eigenvalue weighted by Crippen LogP contribution is 2.27. The van der Waals surface area contributed by atoms with Crippen LogP contribution < -0.4 is 5.32 Å². The van der Waals surface area contributed by atoms with Crippen molar-refractivity contribution in [3.8, 4) is 0 Å². The lowest BCUT2D eigenvalue weighted by molar-refractivity contribution is 0.0600. The summed E-state index contributed by atoms with van der Waals surface area (Å²) in [6.07, 6.45) is 1.23. The second-order valence-corrected chi connectivity index (χ2v) is 4.30. The molecule has 1 aromatic heterocycles. The zero-order valence-corrected chi connectivity index (χ0v) is 11.1. The van der Waals surface area contributed by atoms with Gasteiger partial charge in [0, 0.05) is 6.07 Å². The van der Waals surface area contributed by atoms with Crippen LogP contribution >= 0.6 is 11.6 Å². The van der Waals surface area contributed by atoms with Gasteiger partial charge in [-0.1, -0.05) is 11.6 Å². The molecule has 1 N–H and O–H groups in total. The van der Waals surface area contributed by atoms with Gasteiger partial charge in [-0.25, -0.2) is 13.6 Å². The van der Waals surface area contributed by atoms with E-state index in [9.17, 15) is 13.6 Å². The lowest BCUT2D eigenvalue weighted by atomic mass is 10.2. The molecule has 20 heavy (non-hydrogen) atoms. The van der Waals surface area contributed by atoms with Gasteiger partial charge >= 0.3 is 5.97 Å². The second-order valence-electron chi connectivity index (χ2n) is 3.89. The van der Waals surface area contributed by atoms with Gasteiger partial charge in [0.2, 0.25) is 0 Å². The Labute approximate surface area is 118 Å². The molecule has 0 atom stereocenters. The summed E-state index contributed by atoms with van der Waals surface area (Å²) in [6.45, 7) is 0.0826. The minimum absolute atomic E-state index is 0.0379. The second kappa shape index (κ2) is 5.92. The highest BCUT2D eigenvalue weighted by molar-refractivity contribution is 6.33. The van der Waals surface area contributed by atoms with Gasteiger partial charge in [0.1, 0.15) is 17.8 Å². The largest absolute Gasteiger partial charge is 0.467 e. The first-order valence-electron chi connectivity index (χ1n) is 5.55. The molecule has 0 radical (unpaired) electrons. The van der Waals surface area contributed by atoms with Gasteiger partial charge in [-0.15, -0.1) is 0 Å². The molecule has 0 aliphatic carbocycles. The summed E-state index contributed by atoms with van der Waals surface area (Å²) in [4.78, 5) is 11.2. The van der Waals surface area contributed by atoms with Crippen LogP contribution in [0.2, 0.25) is 5.02 Å². The van der Waals surface area contributed by atoms with Crippen LogP contribution in [-0.2, 0) is 11.3 Å². The van der Waals surface area contributed by atoms with Crippen molar-refractivity contribution in [3.63, 3.8) is 0 Å². The highest BCUT2D eigenvalue weighted by Gasteiger charge is 2.13. The molecular formula is C13H10ClF2NO3. The van der Waals surface area contributed by atoms with E-state index in [1.54, 1.807) is 0 Å². The number of esters is 1. The Balaban J connectivity index is 2.09. The summed E-state index contributed by atoms with van der Waals surface area (Å²) in [5.41, 5.74) is 0.207. The highest BCUT2D eigenvalue weighted by atomic mass is 35.5. The van der Waals surface area contributed by atoms with Crippen molar-refractivity contribution in [3.05, 3.63) is 52.4 Å². The molecule has 0 unspecified atom stereocenters. The quantitative estimate of drug-likeness (QED) is 0.877. The molecule has 0 fully saturated rings. The van der Waals surface area contributed by atoms with Crippen LogP contribution in [0.4, 0.5) is 14.5 Å². The molecule has 0 aliphatic rings. The molecule has 106 valence electrons. The van der Waals surface area contributed by atoms with Crippen LogP contribution in [0, 0.1) is 11.6 Å². The zero-order chi connectivity index (χ0) is 14.7. The Morgan fingerprint density at radius 2 is 2.15 bits per heavy atom. The maximum Gasteiger partial charge on any atom is 0.341 e. The Kier molecular flexibility index (Phi) is 4.24. The van der Waals surface area contributed by atoms with Crippen molar-refractivity contribution in [2.45, 2.75) is 6.54 Å². The number of benzene rings is 1. The molecule has 4 nitrogen and oxygen atoms in total. The summed E-state index contributed by atoms with van der Waals surface area (Å²) in [5.74, 6) is -1.73. The van der Waals surface area contributed by atoms with Gasteiger partial charge in [-0.05, 0) is 12.1 Å². The van der Waals surface area contributed by atoms with Gasteiger partial charge in [0.15, 0.2) is 5.82 Å². The van der Waals surface area contributed by atoms with Crippen LogP contribution in [-0.4, -0.2) is 13.1 Å². The fourth-order valence-corrected chi connectivity index (χ4v) is 1.85. The van der Waals surface area contributed by atoms with E-state index in [0.29, 0.717) is 5.76 Å². The zero-order valence-electron chi connectivity index (χ0n) is 10.4. The van der Waals surface area contributed by atoms with Gasteiger partial charge < -0.3 is 14.5 Å². The van der Waals surface area contributed by atoms with E-state index < -0.39 is 17.6 Å². The number of ether oxygens (including phenoxy) is 1. The number of carbonyl (C=O) groups is 1. The van der Waals surface area contributed by atoms with Gasteiger partial charge in [-0.3, -0.25) is 0 Å². The number of hydrogen-bond acceptors (Lipinski definition) is 4. The van der Waals surface area contributed by atoms with E-state index in [-0.39, 0.29) is 22.8 Å². The lowest BCUT2D eigenvalue weighted by Gasteiger charge is -2.08. The molecule has 0 saturated heterocycles. The van der Waals surface area contributed by atoms with E-state index in [2.05, 4.69) is 10.1 Å². The number of halogens is 3. The van der Waals surface area contributed by atoms with Crippen molar-refractivity contribution in [1.29, 1.82) is 0 Å². The predicted molar refractivity (Wildman–Crippen MR) is 68.7 cm³/mol. The van der Waals surface area contributed by atoms with Crippen LogP contribution in [0.5, 0.6) is 0 Å². The molecule has 0 saturated carbocycles. The Morgan fingerprint density at radius 1 is 1.40 bits per heavy atom. The van der Waals surface area contributed by atoms with Gasteiger partial charge in [-0.2, -0.15) is 0 Å². The summed E-state index contributed by atoms with van der Waals surface area (Å²) in [5, 5.41) is 2.59. The van der Waals surface area contributed by atoms with E-state index >= 15 is 0 Å². The number of furan rings is 1. The number of methoxy groups -OCH3 is 1. The van der Waals surface area contributed by atoms with Gasteiger partial charge in [0.05, 0.1) is 29.9 Å². The van der Waals surface area contributed by atoms with Crippen molar-refractivity contribution in [2.24, 2.45) is 0 Å². The normalized spacial score (nSPS) is 10.4. The third-order valence-corrected chi connectivity index (χ3v) is 2.82. The van der Waals surface area contributed by atoms with Crippen molar-refractivity contribution >= 4 is 23.3 Å². The smallest absolute Gasteiger partial charge is 0.341 e. The van der Waals surface area contributed by atoms with Gasteiger partial charge in [0.25, 0.3) is 0 Å². The average molecular weight is 302 g/mol. The topological polar surface area (TPSA) is 51.5 Å². The first-order valence-corrected chi connectivity index (χ1v) is 5.93. The molecule has 7 heteroatoms. The number of rotatable bonds is 4. The maximum absolute atomic E-state index is 13.5. The number of hydrogen-bond donors (Lipinski definition) is 1. The summed E-state index contributed by atoms with van der Waals surface area (Å²) >= 11 is 5.73. The molecule has 2 aromatic rings. The van der Waals surface area contributed by atoms with E-state index in [0.717, 1.165) is 12.1 Å². The molecule has 0 amide bonds. The average Bonchev–Trinajstić information content (AvgIpc) is 2.85. The summed E-state index contributed by atoms with van der Waals surface area (Å²) in [6, 6.07) is 3.17. The maximum atomic E-state index is 13.5. The van der Waals surface area contributed by atoms with Crippen LogP contribution in [0.25, 0.3) is 0 Å². The van der Waals surface area contributed by atoms with E-state index in [4.69, 9.17) is 16.0 Å². The van der Waals surface area contributed by atoms with Crippen LogP contribution in [0.1, 0.15) is 16.1 Å². The predicted octanol–water partition coefficient (Wildman–Crippen LogP) is 3.61. The number of carbonyl (C=O) groups excluding carboxylic acids is 1. The molecule has 1 heterocycles. The molecule has 0 aliphatic heterocycles. The molecular weight excluding hydrogens is 292 g/mol. The van der Waals surface area contributed by atoms with Crippen molar-refractivity contribution in [2.75, 3.05) is 12.4 Å². The monoisotopic (exact) mass is 301 g/mol.